The first kappa shape index (κ1) is 14.3. The van der Waals surface area contributed by atoms with Gasteiger partial charge in [0.05, 0.1) is 0 Å². The van der Waals surface area contributed by atoms with Crippen LogP contribution in [-0.4, -0.2) is 8.32 Å². The summed E-state index contributed by atoms with van der Waals surface area (Å²) < 4.78 is 6.21. The van der Waals surface area contributed by atoms with Crippen LogP contribution in [0.5, 0.6) is 0 Å². The van der Waals surface area contributed by atoms with Crippen LogP contribution in [0.1, 0.15) is 26.3 Å². The quantitative estimate of drug-likeness (QED) is 0.538. The van der Waals surface area contributed by atoms with Crippen LogP contribution in [0.3, 0.4) is 0 Å². The van der Waals surface area contributed by atoms with E-state index in [4.69, 9.17) is 16.0 Å². The van der Waals surface area contributed by atoms with Crippen molar-refractivity contribution < 1.29 is 4.43 Å². The molecule has 3 heteroatoms. The Balaban J connectivity index is 2.94. The summed E-state index contributed by atoms with van der Waals surface area (Å²) in [5, 5.41) is 0.174. The Kier molecular flexibility index (Phi) is 4.45. The molecule has 0 amide bonds. The van der Waals surface area contributed by atoms with Gasteiger partial charge in [0.1, 0.15) is 5.76 Å². The van der Waals surface area contributed by atoms with E-state index in [9.17, 15) is 0 Å². The van der Waals surface area contributed by atoms with E-state index in [0.717, 1.165) is 11.3 Å². The highest BCUT2D eigenvalue weighted by Crippen LogP contribution is 2.39. The van der Waals surface area contributed by atoms with Gasteiger partial charge in [-0.15, -0.1) is 0 Å². The Morgan fingerprint density at radius 3 is 2.12 bits per heavy atom. The van der Waals surface area contributed by atoms with Crippen LogP contribution in [0.25, 0.3) is 5.76 Å². The van der Waals surface area contributed by atoms with Crippen LogP contribution in [0, 0.1) is 0 Å². The Hall–Kier alpha value is -0.733. The number of hydrogen-bond donors (Lipinski definition) is 0. The fourth-order valence-corrected chi connectivity index (χ4v) is 2.45. The van der Waals surface area contributed by atoms with Crippen LogP contribution in [0.2, 0.25) is 18.1 Å². The molecule has 1 rings (SSSR count). The second-order valence-corrected chi connectivity index (χ2v) is 10.6. The highest BCUT2D eigenvalue weighted by atomic mass is 35.5. The molecule has 0 fully saturated rings. The van der Waals surface area contributed by atoms with Gasteiger partial charge in [-0.05, 0) is 18.1 Å². The Morgan fingerprint density at radius 1 is 1.18 bits per heavy atom. The van der Waals surface area contributed by atoms with E-state index in [1.807, 2.05) is 30.3 Å². The molecular formula is C14H21ClOSi. The van der Waals surface area contributed by atoms with Crippen LogP contribution in [0.15, 0.2) is 35.9 Å². The standard InChI is InChI=1S/C14H21ClOSi/c1-14(2,3)17(4,5)16-13(11-15)12-9-7-6-8-10-12/h6-11H,1-5H3/b13-11+. The van der Waals surface area contributed by atoms with Gasteiger partial charge in [0.15, 0.2) is 0 Å². The lowest BCUT2D eigenvalue weighted by Crippen LogP contribution is -2.40. The van der Waals surface area contributed by atoms with Crippen molar-refractivity contribution in [2.75, 3.05) is 0 Å². The third kappa shape index (κ3) is 3.61. The van der Waals surface area contributed by atoms with Gasteiger partial charge in [0, 0.05) is 11.1 Å². The first-order valence-electron chi connectivity index (χ1n) is 5.83. The monoisotopic (exact) mass is 268 g/mol. The van der Waals surface area contributed by atoms with Crippen molar-refractivity contribution in [3.8, 4) is 0 Å². The van der Waals surface area contributed by atoms with Crippen molar-refractivity contribution >= 4 is 25.7 Å². The molecule has 0 aromatic heterocycles. The zero-order chi connectivity index (χ0) is 13.1. The largest absolute Gasteiger partial charge is 0.543 e. The zero-order valence-electron chi connectivity index (χ0n) is 11.3. The summed E-state index contributed by atoms with van der Waals surface area (Å²) in [6.45, 7) is 11.1. The number of rotatable bonds is 3. The van der Waals surface area contributed by atoms with E-state index in [0.29, 0.717) is 0 Å². The molecule has 0 saturated heterocycles. The molecule has 1 nitrogen and oxygen atoms in total. The lowest BCUT2D eigenvalue weighted by Gasteiger charge is -2.37. The first-order valence-corrected chi connectivity index (χ1v) is 9.17. The Morgan fingerprint density at radius 2 is 1.71 bits per heavy atom. The minimum atomic E-state index is -1.82. The van der Waals surface area contributed by atoms with Gasteiger partial charge < -0.3 is 4.43 Å². The van der Waals surface area contributed by atoms with Crippen LogP contribution < -0.4 is 0 Å². The van der Waals surface area contributed by atoms with Crippen molar-refractivity contribution in [2.45, 2.75) is 38.9 Å². The fourth-order valence-electron chi connectivity index (χ4n) is 1.17. The molecule has 0 bridgehead atoms. The van der Waals surface area contributed by atoms with E-state index >= 15 is 0 Å². The second-order valence-electron chi connectivity index (χ2n) is 5.70. The summed E-state index contributed by atoms with van der Waals surface area (Å²) in [4.78, 5) is 0. The summed E-state index contributed by atoms with van der Waals surface area (Å²) in [6, 6.07) is 10.00. The maximum atomic E-state index is 6.21. The summed E-state index contributed by atoms with van der Waals surface area (Å²) in [5.74, 6) is 0.777. The van der Waals surface area contributed by atoms with Gasteiger partial charge in [-0.2, -0.15) is 0 Å². The third-order valence-corrected chi connectivity index (χ3v) is 7.87. The molecule has 0 aliphatic rings. The second kappa shape index (κ2) is 5.28. The molecule has 0 atom stereocenters. The average Bonchev–Trinajstić information content (AvgIpc) is 2.25. The smallest absolute Gasteiger partial charge is 0.250 e. The predicted molar refractivity (Wildman–Crippen MR) is 78.6 cm³/mol. The summed E-state index contributed by atoms with van der Waals surface area (Å²) in [7, 11) is -1.82. The summed E-state index contributed by atoms with van der Waals surface area (Å²) >= 11 is 5.89. The molecule has 17 heavy (non-hydrogen) atoms. The molecule has 1 aromatic rings. The van der Waals surface area contributed by atoms with E-state index < -0.39 is 8.32 Å². The van der Waals surface area contributed by atoms with Crippen molar-refractivity contribution in [1.29, 1.82) is 0 Å². The fraction of sp³-hybridized carbons (Fsp3) is 0.429. The zero-order valence-corrected chi connectivity index (χ0v) is 13.0. The maximum absolute atomic E-state index is 6.21. The number of hydrogen-bond acceptors (Lipinski definition) is 1. The molecule has 0 N–H and O–H groups in total. The number of benzene rings is 1. The first-order chi connectivity index (χ1) is 7.78. The highest BCUT2D eigenvalue weighted by molar-refractivity contribution is 6.74. The van der Waals surface area contributed by atoms with Gasteiger partial charge in [-0.3, -0.25) is 0 Å². The highest BCUT2D eigenvalue weighted by Gasteiger charge is 2.39. The lowest BCUT2D eigenvalue weighted by atomic mass is 10.2. The van der Waals surface area contributed by atoms with E-state index in [1.165, 1.54) is 5.54 Å². The molecule has 0 heterocycles. The topological polar surface area (TPSA) is 9.23 Å². The van der Waals surface area contributed by atoms with Gasteiger partial charge in [-0.25, -0.2) is 0 Å². The molecule has 94 valence electrons. The maximum Gasteiger partial charge on any atom is 0.250 e. The molecule has 0 saturated carbocycles. The van der Waals surface area contributed by atoms with Crippen LogP contribution in [0.4, 0.5) is 0 Å². The van der Waals surface area contributed by atoms with Gasteiger partial charge >= 0.3 is 0 Å². The van der Waals surface area contributed by atoms with E-state index in [1.54, 1.807) is 0 Å². The molecule has 1 aromatic carbocycles. The number of halogens is 1. The molecule has 0 spiro atoms. The molecular weight excluding hydrogens is 248 g/mol. The van der Waals surface area contributed by atoms with E-state index in [-0.39, 0.29) is 5.04 Å². The van der Waals surface area contributed by atoms with Gasteiger partial charge in [-0.1, -0.05) is 62.7 Å². The third-order valence-electron chi connectivity index (χ3n) is 3.33. The van der Waals surface area contributed by atoms with Crippen molar-refractivity contribution in [1.82, 2.24) is 0 Å². The van der Waals surface area contributed by atoms with Crippen LogP contribution >= 0.6 is 11.6 Å². The normalized spacial score (nSPS) is 13.6. The van der Waals surface area contributed by atoms with E-state index in [2.05, 4.69) is 33.9 Å². The molecule has 0 unspecified atom stereocenters. The Bertz CT molecular complexity index is 390. The average molecular weight is 269 g/mol. The molecule has 0 radical (unpaired) electrons. The summed E-state index contributed by atoms with van der Waals surface area (Å²) in [5.41, 5.74) is 2.57. The van der Waals surface area contributed by atoms with Crippen molar-refractivity contribution in [3.63, 3.8) is 0 Å². The van der Waals surface area contributed by atoms with Crippen molar-refractivity contribution in [2.24, 2.45) is 0 Å². The summed E-state index contributed by atoms with van der Waals surface area (Å²) in [6.07, 6.45) is 0. The minimum Gasteiger partial charge on any atom is -0.543 e. The SMILES string of the molecule is CC(C)(C)[Si](C)(C)O/C(=C/Cl)c1ccccc1. The molecule has 0 aliphatic heterocycles. The van der Waals surface area contributed by atoms with Gasteiger partial charge in [0.25, 0.3) is 8.32 Å². The van der Waals surface area contributed by atoms with Crippen LogP contribution in [-0.2, 0) is 4.43 Å². The minimum absolute atomic E-state index is 0.174. The van der Waals surface area contributed by atoms with Gasteiger partial charge in [0.2, 0.25) is 0 Å². The lowest BCUT2D eigenvalue weighted by molar-refractivity contribution is 0.458. The van der Waals surface area contributed by atoms with Crippen molar-refractivity contribution in [3.05, 3.63) is 41.4 Å². The predicted octanol–water partition coefficient (Wildman–Crippen LogP) is 5.25. The molecule has 0 aliphatic carbocycles. The Labute approximate surface area is 111 Å².